The highest BCUT2D eigenvalue weighted by Gasteiger charge is 2.24. The first-order chi connectivity index (χ1) is 13.3. The lowest BCUT2D eigenvalue weighted by atomic mass is 9.87. The minimum atomic E-state index is -0.508. The third-order valence-electron chi connectivity index (χ3n) is 4.63. The summed E-state index contributed by atoms with van der Waals surface area (Å²) in [6, 6.07) is 17.9. The Kier molecular flexibility index (Phi) is 5.89. The summed E-state index contributed by atoms with van der Waals surface area (Å²) in [5.41, 5.74) is 8.90. The SMILES string of the molecule is CCn1c(SC(C(N)=O)c2ccccc2)nnc1-c1ccc(C(C)(C)C)cc1. The van der Waals surface area contributed by atoms with Gasteiger partial charge in [0.05, 0.1) is 0 Å². The van der Waals surface area contributed by atoms with Crippen molar-refractivity contribution in [2.45, 2.75) is 50.1 Å². The highest BCUT2D eigenvalue weighted by molar-refractivity contribution is 8.00. The van der Waals surface area contributed by atoms with E-state index in [-0.39, 0.29) is 5.41 Å². The van der Waals surface area contributed by atoms with E-state index in [2.05, 4.69) is 55.2 Å². The van der Waals surface area contributed by atoms with Gasteiger partial charge in [-0.15, -0.1) is 10.2 Å². The van der Waals surface area contributed by atoms with Gasteiger partial charge in [-0.1, -0.05) is 87.1 Å². The molecule has 0 aliphatic heterocycles. The van der Waals surface area contributed by atoms with Crippen LogP contribution in [0.4, 0.5) is 0 Å². The lowest BCUT2D eigenvalue weighted by molar-refractivity contribution is -0.117. The van der Waals surface area contributed by atoms with Crippen LogP contribution in [0.2, 0.25) is 0 Å². The molecule has 28 heavy (non-hydrogen) atoms. The number of thioether (sulfide) groups is 1. The van der Waals surface area contributed by atoms with Crippen molar-refractivity contribution >= 4 is 17.7 Å². The Morgan fingerprint density at radius 1 is 1.07 bits per heavy atom. The maximum Gasteiger partial charge on any atom is 0.235 e. The number of aromatic nitrogens is 3. The number of hydrogen-bond donors (Lipinski definition) is 1. The Morgan fingerprint density at radius 3 is 2.25 bits per heavy atom. The van der Waals surface area contributed by atoms with Crippen molar-refractivity contribution in [3.05, 3.63) is 65.7 Å². The van der Waals surface area contributed by atoms with E-state index in [9.17, 15) is 4.79 Å². The third-order valence-corrected chi connectivity index (χ3v) is 5.88. The second-order valence-corrected chi connectivity index (χ2v) is 8.76. The molecule has 1 heterocycles. The molecule has 146 valence electrons. The van der Waals surface area contributed by atoms with E-state index >= 15 is 0 Å². The molecule has 0 bridgehead atoms. The van der Waals surface area contributed by atoms with Crippen LogP contribution in [0.3, 0.4) is 0 Å². The zero-order valence-corrected chi connectivity index (χ0v) is 17.5. The number of carbonyl (C=O) groups is 1. The predicted octanol–water partition coefficient (Wildman–Crippen LogP) is 4.58. The molecule has 3 aromatic rings. The van der Waals surface area contributed by atoms with Gasteiger partial charge in [-0.2, -0.15) is 0 Å². The lowest BCUT2D eigenvalue weighted by Crippen LogP contribution is -2.19. The van der Waals surface area contributed by atoms with Crippen LogP contribution in [-0.2, 0) is 16.8 Å². The number of amides is 1. The second kappa shape index (κ2) is 8.19. The molecule has 2 N–H and O–H groups in total. The van der Waals surface area contributed by atoms with Crippen molar-refractivity contribution in [2.75, 3.05) is 0 Å². The average Bonchev–Trinajstić information content (AvgIpc) is 3.08. The summed E-state index contributed by atoms with van der Waals surface area (Å²) >= 11 is 1.34. The molecule has 1 atom stereocenters. The van der Waals surface area contributed by atoms with Gasteiger partial charge in [-0.25, -0.2) is 0 Å². The van der Waals surface area contributed by atoms with Crippen molar-refractivity contribution in [2.24, 2.45) is 5.73 Å². The van der Waals surface area contributed by atoms with Gasteiger partial charge in [0.25, 0.3) is 0 Å². The number of hydrogen-bond acceptors (Lipinski definition) is 4. The third kappa shape index (κ3) is 4.28. The summed E-state index contributed by atoms with van der Waals surface area (Å²) in [7, 11) is 0. The Morgan fingerprint density at radius 2 is 1.71 bits per heavy atom. The van der Waals surface area contributed by atoms with E-state index < -0.39 is 11.2 Å². The molecule has 1 amide bonds. The van der Waals surface area contributed by atoms with Crippen LogP contribution >= 0.6 is 11.8 Å². The van der Waals surface area contributed by atoms with E-state index in [1.54, 1.807) is 0 Å². The van der Waals surface area contributed by atoms with Crippen molar-refractivity contribution < 1.29 is 4.79 Å². The van der Waals surface area contributed by atoms with E-state index in [4.69, 9.17) is 5.73 Å². The molecule has 5 nitrogen and oxygen atoms in total. The molecule has 0 aliphatic rings. The Labute approximate surface area is 170 Å². The zero-order chi connectivity index (χ0) is 20.3. The van der Waals surface area contributed by atoms with Crippen LogP contribution in [0.1, 0.15) is 44.1 Å². The van der Waals surface area contributed by atoms with Crippen LogP contribution in [0.25, 0.3) is 11.4 Å². The molecule has 0 saturated carbocycles. The number of carbonyl (C=O) groups excluding carboxylic acids is 1. The Bertz CT molecular complexity index is 943. The molecule has 0 radical (unpaired) electrons. The Hall–Kier alpha value is -2.60. The monoisotopic (exact) mass is 394 g/mol. The second-order valence-electron chi connectivity index (χ2n) is 7.69. The maximum atomic E-state index is 12.1. The molecular formula is C22H26N4OS. The number of nitrogens with zero attached hydrogens (tertiary/aromatic N) is 3. The molecule has 0 saturated heterocycles. The predicted molar refractivity (Wildman–Crippen MR) is 114 cm³/mol. The molecular weight excluding hydrogens is 368 g/mol. The Balaban J connectivity index is 1.92. The normalized spacial score (nSPS) is 12.7. The standard InChI is InChI=1S/C22H26N4OS/c1-5-26-20(16-11-13-17(14-12-16)22(2,3)4)24-25-21(26)28-18(19(23)27)15-9-7-6-8-10-15/h6-14,18H,5H2,1-4H3,(H2,23,27). The highest BCUT2D eigenvalue weighted by atomic mass is 32.2. The van der Waals surface area contributed by atoms with Gasteiger partial charge < -0.3 is 10.3 Å². The van der Waals surface area contributed by atoms with Gasteiger partial charge in [-0.3, -0.25) is 4.79 Å². The van der Waals surface area contributed by atoms with Gasteiger partial charge in [0.2, 0.25) is 5.91 Å². The first-order valence-electron chi connectivity index (χ1n) is 9.36. The molecule has 0 spiro atoms. The van der Waals surface area contributed by atoms with E-state index in [0.29, 0.717) is 11.7 Å². The summed E-state index contributed by atoms with van der Waals surface area (Å²) in [5, 5.41) is 8.92. The first-order valence-corrected chi connectivity index (χ1v) is 10.2. The van der Waals surface area contributed by atoms with Crippen molar-refractivity contribution in [1.82, 2.24) is 14.8 Å². The van der Waals surface area contributed by atoms with Crippen molar-refractivity contribution in [3.8, 4) is 11.4 Å². The van der Waals surface area contributed by atoms with Crippen LogP contribution in [0.5, 0.6) is 0 Å². The van der Waals surface area contributed by atoms with E-state index in [0.717, 1.165) is 17.0 Å². The highest BCUT2D eigenvalue weighted by Crippen LogP contribution is 2.36. The van der Waals surface area contributed by atoms with Gasteiger partial charge in [0.1, 0.15) is 5.25 Å². The molecule has 1 aromatic heterocycles. The summed E-state index contributed by atoms with van der Waals surface area (Å²) in [6.07, 6.45) is 0. The van der Waals surface area contributed by atoms with Crippen molar-refractivity contribution in [3.63, 3.8) is 0 Å². The van der Waals surface area contributed by atoms with E-state index in [1.165, 1.54) is 17.3 Å². The number of nitrogens with two attached hydrogens (primary N) is 1. The fraction of sp³-hybridized carbons (Fsp3) is 0.318. The molecule has 3 rings (SSSR count). The summed E-state index contributed by atoms with van der Waals surface area (Å²) in [6.45, 7) is 9.32. The quantitative estimate of drug-likeness (QED) is 0.621. The van der Waals surface area contributed by atoms with Crippen molar-refractivity contribution in [1.29, 1.82) is 0 Å². The fourth-order valence-corrected chi connectivity index (χ4v) is 4.07. The summed E-state index contributed by atoms with van der Waals surface area (Å²) in [5.74, 6) is 0.402. The summed E-state index contributed by atoms with van der Waals surface area (Å²) < 4.78 is 2.02. The molecule has 0 aliphatic carbocycles. The average molecular weight is 395 g/mol. The topological polar surface area (TPSA) is 73.8 Å². The molecule has 1 unspecified atom stereocenters. The number of benzene rings is 2. The number of rotatable bonds is 6. The molecule has 6 heteroatoms. The van der Waals surface area contributed by atoms with Gasteiger partial charge in [0, 0.05) is 12.1 Å². The van der Waals surface area contributed by atoms with Gasteiger partial charge in [-0.05, 0) is 23.5 Å². The summed E-state index contributed by atoms with van der Waals surface area (Å²) in [4.78, 5) is 12.1. The van der Waals surface area contributed by atoms with Crippen LogP contribution in [-0.4, -0.2) is 20.7 Å². The lowest BCUT2D eigenvalue weighted by Gasteiger charge is -2.19. The van der Waals surface area contributed by atoms with Gasteiger partial charge >= 0.3 is 0 Å². The zero-order valence-electron chi connectivity index (χ0n) is 16.7. The molecule has 0 fully saturated rings. The smallest absolute Gasteiger partial charge is 0.235 e. The minimum Gasteiger partial charge on any atom is -0.368 e. The fourth-order valence-electron chi connectivity index (χ4n) is 3.02. The van der Waals surface area contributed by atoms with E-state index in [1.807, 2.05) is 41.8 Å². The molecule has 2 aromatic carbocycles. The van der Waals surface area contributed by atoms with Crippen LogP contribution in [0, 0.1) is 0 Å². The van der Waals surface area contributed by atoms with Crippen LogP contribution in [0.15, 0.2) is 59.8 Å². The van der Waals surface area contributed by atoms with Crippen LogP contribution < -0.4 is 5.73 Å². The largest absolute Gasteiger partial charge is 0.368 e. The first kappa shape index (κ1) is 20.1. The maximum absolute atomic E-state index is 12.1. The number of primary amides is 1. The minimum absolute atomic E-state index is 0.0996. The van der Waals surface area contributed by atoms with Gasteiger partial charge in [0.15, 0.2) is 11.0 Å².